The highest BCUT2D eigenvalue weighted by Crippen LogP contribution is 2.47. The molecule has 23 heavy (non-hydrogen) atoms. The summed E-state index contributed by atoms with van der Waals surface area (Å²) in [4.78, 5) is 2.49. The average molecular weight is 337 g/mol. The summed E-state index contributed by atoms with van der Waals surface area (Å²) in [5, 5.41) is 0. The first kappa shape index (κ1) is 18.4. The molecule has 0 amide bonds. The molecular formula is C18H28NO3P. The molecule has 1 heterocycles. The summed E-state index contributed by atoms with van der Waals surface area (Å²) in [6, 6.07) is 8.51. The summed E-state index contributed by atoms with van der Waals surface area (Å²) in [7, 11) is -2.99. The smallest absolute Gasteiger partial charge is 0.309 e. The zero-order chi connectivity index (χ0) is 16.5. The van der Waals surface area contributed by atoms with Crippen LogP contribution in [0.1, 0.15) is 37.8 Å². The maximum atomic E-state index is 12.4. The predicted octanol–water partition coefficient (Wildman–Crippen LogP) is 4.56. The number of hydrogen-bond acceptors (Lipinski definition) is 4. The first-order valence-electron chi connectivity index (χ1n) is 8.51. The van der Waals surface area contributed by atoms with E-state index in [4.69, 9.17) is 9.05 Å². The number of nitrogens with zero attached hydrogens (tertiary/aromatic N) is 1. The third-order valence-corrected chi connectivity index (χ3v) is 5.81. The standard InChI is InChI=1S/C18H28NO3P/c1-3-21-23(20,22-4-2)14-8-11-17-9-7-10-18(15-17)16-19-12-5-6-13-19/h7-11,15H,3-6,12-14,16H2,1-2H3/b11-8+. The molecule has 1 aliphatic heterocycles. The van der Waals surface area contributed by atoms with Crippen LogP contribution in [0, 0.1) is 0 Å². The van der Waals surface area contributed by atoms with Gasteiger partial charge in [-0.15, -0.1) is 0 Å². The highest BCUT2D eigenvalue weighted by molar-refractivity contribution is 7.54. The Morgan fingerprint density at radius 2 is 1.87 bits per heavy atom. The Balaban J connectivity index is 1.94. The Morgan fingerprint density at radius 3 is 2.52 bits per heavy atom. The van der Waals surface area contributed by atoms with Gasteiger partial charge in [0.05, 0.1) is 19.4 Å². The average Bonchev–Trinajstić information content (AvgIpc) is 3.01. The van der Waals surface area contributed by atoms with Gasteiger partial charge < -0.3 is 9.05 Å². The molecule has 0 aliphatic carbocycles. The first-order valence-corrected chi connectivity index (χ1v) is 10.2. The molecule has 1 saturated heterocycles. The third-order valence-electron chi connectivity index (χ3n) is 3.85. The topological polar surface area (TPSA) is 38.8 Å². The maximum Gasteiger partial charge on any atom is 0.334 e. The molecule has 1 aromatic rings. The minimum atomic E-state index is -2.99. The molecule has 0 bridgehead atoms. The Morgan fingerprint density at radius 1 is 1.17 bits per heavy atom. The van der Waals surface area contributed by atoms with E-state index in [2.05, 4.69) is 29.2 Å². The molecule has 128 valence electrons. The zero-order valence-electron chi connectivity index (χ0n) is 14.2. The number of likely N-dealkylation sites (tertiary alicyclic amines) is 1. The van der Waals surface area contributed by atoms with Gasteiger partial charge in [0.15, 0.2) is 0 Å². The lowest BCUT2D eigenvalue weighted by atomic mass is 10.1. The van der Waals surface area contributed by atoms with Crippen LogP contribution in [0.5, 0.6) is 0 Å². The van der Waals surface area contributed by atoms with Crippen molar-refractivity contribution in [1.29, 1.82) is 0 Å². The van der Waals surface area contributed by atoms with Gasteiger partial charge in [-0.3, -0.25) is 9.46 Å². The van der Waals surface area contributed by atoms with Crippen molar-refractivity contribution in [3.63, 3.8) is 0 Å². The van der Waals surface area contributed by atoms with Gasteiger partial charge in [0.2, 0.25) is 0 Å². The highest BCUT2D eigenvalue weighted by atomic mass is 31.2. The fourth-order valence-corrected chi connectivity index (χ4v) is 4.28. The van der Waals surface area contributed by atoms with E-state index in [1.54, 1.807) is 0 Å². The van der Waals surface area contributed by atoms with Crippen molar-refractivity contribution in [2.45, 2.75) is 33.2 Å². The van der Waals surface area contributed by atoms with Crippen molar-refractivity contribution in [2.24, 2.45) is 0 Å². The second kappa shape index (κ2) is 9.39. The molecule has 0 spiro atoms. The minimum absolute atomic E-state index is 0.311. The zero-order valence-corrected chi connectivity index (χ0v) is 15.1. The van der Waals surface area contributed by atoms with Crippen molar-refractivity contribution < 1.29 is 13.6 Å². The van der Waals surface area contributed by atoms with Crippen molar-refractivity contribution in [2.75, 3.05) is 32.5 Å². The van der Waals surface area contributed by atoms with E-state index >= 15 is 0 Å². The van der Waals surface area contributed by atoms with Gasteiger partial charge in [0, 0.05) is 6.54 Å². The molecule has 2 rings (SSSR count). The van der Waals surface area contributed by atoms with E-state index in [-0.39, 0.29) is 0 Å². The molecule has 0 unspecified atom stereocenters. The lowest BCUT2D eigenvalue weighted by Crippen LogP contribution is -2.18. The monoisotopic (exact) mass is 337 g/mol. The van der Waals surface area contributed by atoms with Crippen LogP contribution in [0.4, 0.5) is 0 Å². The van der Waals surface area contributed by atoms with E-state index in [0.29, 0.717) is 19.4 Å². The summed E-state index contributed by atoms with van der Waals surface area (Å²) in [6.07, 6.45) is 6.82. The highest BCUT2D eigenvalue weighted by Gasteiger charge is 2.21. The third kappa shape index (κ3) is 6.23. The van der Waals surface area contributed by atoms with Gasteiger partial charge in [-0.1, -0.05) is 36.4 Å². The van der Waals surface area contributed by atoms with Crippen LogP contribution < -0.4 is 0 Å². The number of allylic oxidation sites excluding steroid dienone is 1. The summed E-state index contributed by atoms with van der Waals surface area (Å²) < 4.78 is 23.0. The van der Waals surface area contributed by atoms with Crippen LogP contribution in [0.2, 0.25) is 0 Å². The normalized spacial score (nSPS) is 16.4. The second-order valence-corrected chi connectivity index (χ2v) is 7.86. The van der Waals surface area contributed by atoms with Crippen molar-refractivity contribution in [3.05, 3.63) is 41.5 Å². The van der Waals surface area contributed by atoms with E-state index in [1.165, 1.54) is 31.5 Å². The largest absolute Gasteiger partial charge is 0.334 e. The Bertz CT molecular complexity index is 543. The van der Waals surface area contributed by atoms with Crippen molar-refractivity contribution >= 4 is 13.7 Å². The molecule has 1 aliphatic rings. The fraction of sp³-hybridized carbons (Fsp3) is 0.556. The molecular weight excluding hydrogens is 309 g/mol. The Hall–Kier alpha value is -0.930. The molecule has 0 radical (unpaired) electrons. The summed E-state index contributed by atoms with van der Waals surface area (Å²) in [6.45, 7) is 7.87. The van der Waals surface area contributed by atoms with Crippen LogP contribution in [0.25, 0.3) is 6.08 Å². The van der Waals surface area contributed by atoms with E-state index < -0.39 is 7.60 Å². The van der Waals surface area contributed by atoms with Crippen LogP contribution in [0.3, 0.4) is 0 Å². The second-order valence-electron chi connectivity index (χ2n) is 5.76. The van der Waals surface area contributed by atoms with Crippen molar-refractivity contribution in [3.8, 4) is 0 Å². The molecule has 0 aromatic heterocycles. The quantitative estimate of drug-likeness (QED) is 0.619. The molecule has 0 atom stereocenters. The fourth-order valence-electron chi connectivity index (χ4n) is 2.85. The van der Waals surface area contributed by atoms with Gasteiger partial charge in [-0.2, -0.15) is 0 Å². The predicted molar refractivity (Wildman–Crippen MR) is 95.7 cm³/mol. The summed E-state index contributed by atoms with van der Waals surface area (Å²) >= 11 is 0. The SMILES string of the molecule is CCOP(=O)(C/C=C/c1cccc(CN2CCCC2)c1)OCC. The van der Waals surface area contributed by atoms with Crippen LogP contribution in [-0.4, -0.2) is 37.4 Å². The van der Waals surface area contributed by atoms with Crippen molar-refractivity contribution in [1.82, 2.24) is 4.90 Å². The maximum absolute atomic E-state index is 12.4. The summed E-state index contributed by atoms with van der Waals surface area (Å²) in [5.41, 5.74) is 2.45. The summed E-state index contributed by atoms with van der Waals surface area (Å²) in [5.74, 6) is 0. The van der Waals surface area contributed by atoms with E-state index in [0.717, 1.165) is 12.1 Å². The van der Waals surface area contributed by atoms with Crippen LogP contribution in [0.15, 0.2) is 30.3 Å². The van der Waals surface area contributed by atoms with Gasteiger partial charge in [0.1, 0.15) is 0 Å². The number of benzene rings is 1. The van der Waals surface area contributed by atoms with Crippen LogP contribution in [-0.2, 0) is 20.2 Å². The Kier molecular flexibility index (Phi) is 7.51. The molecule has 0 N–H and O–H groups in total. The lowest BCUT2D eigenvalue weighted by molar-refractivity contribution is 0.222. The number of rotatable bonds is 9. The Labute approximate surface area is 140 Å². The molecule has 0 saturated carbocycles. The molecule has 5 heteroatoms. The van der Waals surface area contributed by atoms with Gasteiger partial charge in [0.25, 0.3) is 0 Å². The molecule has 1 fully saturated rings. The molecule has 4 nitrogen and oxygen atoms in total. The lowest BCUT2D eigenvalue weighted by Gasteiger charge is -2.15. The van der Waals surface area contributed by atoms with E-state index in [1.807, 2.05) is 26.0 Å². The minimum Gasteiger partial charge on any atom is -0.309 e. The van der Waals surface area contributed by atoms with Gasteiger partial charge in [-0.25, -0.2) is 0 Å². The number of hydrogen-bond donors (Lipinski definition) is 0. The van der Waals surface area contributed by atoms with Gasteiger partial charge >= 0.3 is 7.60 Å². The van der Waals surface area contributed by atoms with E-state index in [9.17, 15) is 4.57 Å². The molecule has 1 aromatic carbocycles. The van der Waals surface area contributed by atoms with Gasteiger partial charge in [-0.05, 0) is 50.9 Å². The van der Waals surface area contributed by atoms with Crippen LogP contribution >= 0.6 is 7.60 Å². The first-order chi connectivity index (χ1) is 11.1.